The molecule has 0 radical (unpaired) electrons. The van der Waals surface area contributed by atoms with Crippen LogP contribution < -0.4 is 4.74 Å². The smallest absolute Gasteiger partial charge is 0.307 e. The van der Waals surface area contributed by atoms with Gasteiger partial charge in [0.15, 0.2) is 5.78 Å². The molecule has 2 rings (SSSR count). The molecular weight excluding hydrogens is 303 g/mol. The highest BCUT2D eigenvalue weighted by atomic mass is 19.1. The summed E-state index contributed by atoms with van der Waals surface area (Å²) >= 11 is 0. The third-order valence-electron chi connectivity index (χ3n) is 2.90. The van der Waals surface area contributed by atoms with Crippen LogP contribution in [-0.2, 0) is 0 Å². The molecule has 0 heterocycles. The van der Waals surface area contributed by atoms with Crippen molar-refractivity contribution in [1.29, 1.82) is 0 Å². The summed E-state index contributed by atoms with van der Waals surface area (Å²) in [5.74, 6) is -4.67. The van der Waals surface area contributed by atoms with Crippen molar-refractivity contribution in [2.24, 2.45) is 0 Å². The Morgan fingerprint density at radius 3 is 2.27 bits per heavy atom. The van der Waals surface area contributed by atoms with E-state index in [2.05, 4.69) is 0 Å². The first-order valence-corrected chi connectivity index (χ1v) is 5.86. The van der Waals surface area contributed by atoms with Gasteiger partial charge in [0.2, 0.25) is 5.82 Å². The summed E-state index contributed by atoms with van der Waals surface area (Å²) in [5.41, 5.74) is -2.46. The number of hydrogen-bond donors (Lipinski definition) is 0. The normalized spacial score (nSPS) is 10.4. The fourth-order valence-electron chi connectivity index (χ4n) is 1.80. The minimum absolute atomic E-state index is 0.146. The number of halogens is 3. The van der Waals surface area contributed by atoms with Gasteiger partial charge in [-0.1, -0.05) is 0 Å². The first-order valence-electron chi connectivity index (χ1n) is 5.86. The second-order valence-corrected chi connectivity index (χ2v) is 4.22. The number of nitrogens with zero attached hydrogens (tertiary/aromatic N) is 1. The molecule has 0 saturated heterocycles. The van der Waals surface area contributed by atoms with Gasteiger partial charge in [-0.05, 0) is 24.3 Å². The van der Waals surface area contributed by atoms with E-state index in [0.29, 0.717) is 6.07 Å². The van der Waals surface area contributed by atoms with Crippen molar-refractivity contribution in [3.8, 4) is 5.75 Å². The van der Waals surface area contributed by atoms with Gasteiger partial charge >= 0.3 is 5.69 Å². The molecule has 0 aromatic heterocycles. The maximum absolute atomic E-state index is 13.8. The topological polar surface area (TPSA) is 69.4 Å². The molecular formula is C14H8F3NO4. The van der Waals surface area contributed by atoms with Gasteiger partial charge in [-0.3, -0.25) is 14.9 Å². The number of rotatable bonds is 4. The maximum Gasteiger partial charge on any atom is 0.307 e. The van der Waals surface area contributed by atoms with Crippen LogP contribution in [0.1, 0.15) is 15.9 Å². The standard InChI is InChI=1S/C14H8F3NO4/c1-22-7-2-3-10(15)8(4-7)14(19)9-5-12(17)13(18(20)21)6-11(9)16/h2-6H,1H3. The Morgan fingerprint density at radius 2 is 1.68 bits per heavy atom. The second-order valence-electron chi connectivity index (χ2n) is 4.22. The Kier molecular flexibility index (Phi) is 4.11. The van der Waals surface area contributed by atoms with Crippen molar-refractivity contribution in [1.82, 2.24) is 0 Å². The molecule has 0 fully saturated rings. The van der Waals surface area contributed by atoms with Crippen LogP contribution in [0.5, 0.6) is 5.75 Å². The van der Waals surface area contributed by atoms with E-state index in [1.165, 1.54) is 13.2 Å². The predicted molar refractivity (Wildman–Crippen MR) is 69.4 cm³/mol. The van der Waals surface area contributed by atoms with Crippen LogP contribution in [0.2, 0.25) is 0 Å². The van der Waals surface area contributed by atoms with Crippen LogP contribution >= 0.6 is 0 Å². The second kappa shape index (κ2) is 5.84. The molecule has 0 bridgehead atoms. The van der Waals surface area contributed by atoms with Crippen molar-refractivity contribution >= 4 is 11.5 Å². The predicted octanol–water partition coefficient (Wildman–Crippen LogP) is 3.25. The molecule has 2 aromatic rings. The molecule has 2 aromatic carbocycles. The van der Waals surface area contributed by atoms with E-state index in [0.717, 1.165) is 12.1 Å². The quantitative estimate of drug-likeness (QED) is 0.494. The third-order valence-corrected chi connectivity index (χ3v) is 2.90. The molecule has 0 saturated carbocycles. The van der Waals surface area contributed by atoms with Crippen LogP contribution in [0.3, 0.4) is 0 Å². The van der Waals surface area contributed by atoms with Crippen LogP contribution in [0.25, 0.3) is 0 Å². The lowest BCUT2D eigenvalue weighted by Gasteiger charge is -2.07. The van der Waals surface area contributed by atoms with E-state index in [9.17, 15) is 28.1 Å². The van der Waals surface area contributed by atoms with E-state index < -0.39 is 45.0 Å². The molecule has 0 aliphatic rings. The SMILES string of the molecule is COc1ccc(F)c(C(=O)c2cc(F)c([N+](=O)[O-])cc2F)c1. The highest BCUT2D eigenvalue weighted by Crippen LogP contribution is 2.25. The minimum Gasteiger partial charge on any atom is -0.497 e. The van der Waals surface area contributed by atoms with E-state index >= 15 is 0 Å². The Labute approximate surface area is 122 Å². The Hall–Kier alpha value is -2.90. The molecule has 0 aliphatic carbocycles. The largest absolute Gasteiger partial charge is 0.497 e. The first-order chi connectivity index (χ1) is 10.3. The third kappa shape index (κ3) is 2.76. The van der Waals surface area contributed by atoms with Gasteiger partial charge < -0.3 is 4.74 Å². The van der Waals surface area contributed by atoms with E-state index in [4.69, 9.17) is 4.74 Å². The minimum atomic E-state index is -1.39. The summed E-state index contributed by atoms with van der Waals surface area (Å²) in [6.45, 7) is 0. The lowest BCUT2D eigenvalue weighted by atomic mass is 10.0. The Balaban J connectivity index is 2.55. The van der Waals surface area contributed by atoms with Crippen molar-refractivity contribution in [3.05, 3.63) is 69.0 Å². The summed E-state index contributed by atoms with van der Waals surface area (Å²) in [7, 11) is 1.29. The summed E-state index contributed by atoms with van der Waals surface area (Å²) in [4.78, 5) is 21.5. The Bertz CT molecular complexity index is 777. The molecule has 0 aliphatic heterocycles. The van der Waals surface area contributed by atoms with Crippen molar-refractivity contribution in [2.75, 3.05) is 7.11 Å². The number of benzene rings is 2. The average molecular weight is 311 g/mol. The van der Waals surface area contributed by atoms with Crippen LogP contribution in [0, 0.1) is 27.6 Å². The molecule has 0 atom stereocenters. The number of methoxy groups -OCH3 is 1. The summed E-state index contributed by atoms with van der Waals surface area (Å²) in [6, 6.07) is 3.86. The van der Waals surface area contributed by atoms with Crippen LogP contribution in [0.15, 0.2) is 30.3 Å². The monoisotopic (exact) mass is 311 g/mol. The van der Waals surface area contributed by atoms with Gasteiger partial charge in [0.1, 0.15) is 17.4 Å². The number of ether oxygens (including phenoxy) is 1. The number of nitro benzene ring substituents is 1. The van der Waals surface area contributed by atoms with Gasteiger partial charge in [-0.25, -0.2) is 8.78 Å². The Morgan fingerprint density at radius 1 is 1.05 bits per heavy atom. The van der Waals surface area contributed by atoms with Gasteiger partial charge in [-0.2, -0.15) is 4.39 Å². The number of hydrogen-bond acceptors (Lipinski definition) is 4. The van der Waals surface area contributed by atoms with Crippen molar-refractivity contribution in [3.63, 3.8) is 0 Å². The fraction of sp³-hybridized carbons (Fsp3) is 0.0714. The first kappa shape index (κ1) is 15.5. The molecule has 114 valence electrons. The van der Waals surface area contributed by atoms with Crippen LogP contribution in [-0.4, -0.2) is 17.8 Å². The molecule has 0 amide bonds. The number of carbonyl (C=O) groups is 1. The van der Waals surface area contributed by atoms with Crippen molar-refractivity contribution in [2.45, 2.75) is 0 Å². The zero-order valence-electron chi connectivity index (χ0n) is 11.1. The molecule has 5 nitrogen and oxygen atoms in total. The number of ketones is 1. The molecule has 8 heteroatoms. The summed E-state index contributed by atoms with van der Waals surface area (Å²) < 4.78 is 45.8. The lowest BCUT2D eigenvalue weighted by molar-refractivity contribution is -0.387. The zero-order valence-corrected chi connectivity index (χ0v) is 11.1. The van der Waals surface area contributed by atoms with E-state index in [1.807, 2.05) is 0 Å². The van der Waals surface area contributed by atoms with Gasteiger partial charge in [0.05, 0.1) is 29.2 Å². The summed E-state index contributed by atoms with van der Waals surface area (Å²) in [5, 5.41) is 10.5. The maximum atomic E-state index is 13.8. The summed E-state index contributed by atoms with van der Waals surface area (Å²) in [6.07, 6.45) is 0. The average Bonchev–Trinajstić information content (AvgIpc) is 2.48. The highest BCUT2D eigenvalue weighted by Gasteiger charge is 2.24. The highest BCUT2D eigenvalue weighted by molar-refractivity contribution is 6.09. The number of nitro groups is 1. The van der Waals surface area contributed by atoms with Gasteiger partial charge in [0, 0.05) is 0 Å². The molecule has 0 spiro atoms. The van der Waals surface area contributed by atoms with Crippen LogP contribution in [0.4, 0.5) is 18.9 Å². The van der Waals surface area contributed by atoms with E-state index in [-0.39, 0.29) is 11.8 Å². The zero-order chi connectivity index (χ0) is 16.4. The van der Waals surface area contributed by atoms with Gasteiger partial charge in [0.25, 0.3) is 0 Å². The number of carbonyl (C=O) groups excluding carboxylic acids is 1. The van der Waals surface area contributed by atoms with Gasteiger partial charge in [-0.15, -0.1) is 0 Å². The lowest BCUT2D eigenvalue weighted by Crippen LogP contribution is -2.09. The van der Waals surface area contributed by atoms with E-state index in [1.54, 1.807) is 0 Å². The molecule has 0 N–H and O–H groups in total. The van der Waals surface area contributed by atoms with Crippen molar-refractivity contribution < 1.29 is 27.6 Å². The fourth-order valence-corrected chi connectivity index (χ4v) is 1.80. The molecule has 22 heavy (non-hydrogen) atoms. The molecule has 0 unspecified atom stereocenters.